The van der Waals surface area contributed by atoms with Gasteiger partial charge in [0.15, 0.2) is 34.8 Å². The van der Waals surface area contributed by atoms with Crippen LogP contribution < -0.4 is 18.8 Å². The Labute approximate surface area is 154 Å². The first-order valence-electron chi connectivity index (χ1n) is 6.90. The van der Waals surface area contributed by atoms with Crippen LogP contribution in [0.25, 0.3) is 0 Å². The van der Waals surface area contributed by atoms with Gasteiger partial charge in [-0.1, -0.05) is 0 Å². The topological polar surface area (TPSA) is 36.9 Å². The van der Waals surface area contributed by atoms with E-state index in [2.05, 4.69) is 18.8 Å². The number of hydrogen-bond donors (Lipinski definition) is 0. The molecule has 157 valence electrons. The van der Waals surface area contributed by atoms with Gasteiger partial charge in [0.2, 0.25) is 0 Å². The van der Waals surface area contributed by atoms with E-state index >= 15 is 0 Å². The summed E-state index contributed by atoms with van der Waals surface area (Å²) in [5, 5.41) is 0. The van der Waals surface area contributed by atoms with Crippen molar-refractivity contribution in [3.63, 3.8) is 0 Å². The third kappa shape index (κ3) is 6.53. The number of hydrogen-bond acceptors (Lipinski definition) is 4. The van der Waals surface area contributed by atoms with Crippen molar-refractivity contribution in [2.24, 2.45) is 0 Å². The van der Waals surface area contributed by atoms with Crippen LogP contribution in [0.15, 0.2) is 24.3 Å². The van der Waals surface area contributed by atoms with Crippen molar-refractivity contribution < 1.29 is 62.7 Å². The van der Waals surface area contributed by atoms with Gasteiger partial charge in [0, 0.05) is 24.3 Å². The van der Waals surface area contributed by atoms with Gasteiger partial charge in [-0.15, -0.1) is 26.3 Å². The van der Waals surface area contributed by atoms with Gasteiger partial charge in [-0.3, -0.25) is 0 Å². The highest BCUT2D eigenvalue weighted by atomic mass is 19.4. The molecule has 0 spiro atoms. The zero-order valence-electron chi connectivity index (χ0n) is 13.3. The molecule has 2 rings (SSSR count). The summed E-state index contributed by atoms with van der Waals surface area (Å²) in [6.45, 7) is 0. The first-order valence-corrected chi connectivity index (χ1v) is 6.90. The van der Waals surface area contributed by atoms with Gasteiger partial charge in [-0.05, 0) is 0 Å². The molecule has 0 bridgehead atoms. The van der Waals surface area contributed by atoms with Gasteiger partial charge in [0.1, 0.15) is 11.5 Å². The van der Waals surface area contributed by atoms with Crippen LogP contribution in [0.4, 0.5) is 43.9 Å². The first-order chi connectivity index (χ1) is 13.2. The van der Waals surface area contributed by atoms with Crippen molar-refractivity contribution in [2.75, 3.05) is 0 Å². The minimum atomic E-state index is -5.23. The van der Waals surface area contributed by atoms with Crippen LogP contribution >= 0.6 is 0 Å². The van der Waals surface area contributed by atoms with Crippen LogP contribution in [0.2, 0.25) is 0 Å². The lowest BCUT2D eigenvalue weighted by molar-refractivity contribution is -0.275. The molecule has 1 radical (unpaired) electrons. The predicted molar refractivity (Wildman–Crippen MR) is 73.1 cm³/mol. The molecule has 0 saturated carbocycles. The summed E-state index contributed by atoms with van der Waals surface area (Å²) < 4.78 is 142. The Balaban J connectivity index is 2.08. The summed E-state index contributed by atoms with van der Waals surface area (Å²) in [5.41, 5.74) is 0. The molecule has 29 heavy (non-hydrogen) atoms. The molecular weight excluding hydrogens is 433 g/mol. The molecule has 2 aromatic carbocycles. The average molecular weight is 437 g/mol. The lowest BCUT2D eigenvalue weighted by Crippen LogP contribution is -2.18. The predicted octanol–water partition coefficient (Wildman–Crippen LogP) is 5.03. The molecular formula is C14H4BF10O4. The van der Waals surface area contributed by atoms with Crippen LogP contribution in [0.5, 0.6) is 23.0 Å². The van der Waals surface area contributed by atoms with Crippen molar-refractivity contribution in [3.8, 4) is 23.0 Å². The van der Waals surface area contributed by atoms with Crippen molar-refractivity contribution >= 4 is 7.69 Å². The lowest BCUT2D eigenvalue weighted by Gasteiger charge is -2.13. The fourth-order valence-electron chi connectivity index (χ4n) is 1.80. The van der Waals surface area contributed by atoms with E-state index in [4.69, 9.17) is 0 Å². The molecule has 0 fully saturated rings. The van der Waals surface area contributed by atoms with E-state index in [9.17, 15) is 43.9 Å². The lowest BCUT2D eigenvalue weighted by atomic mass is 10.2. The average Bonchev–Trinajstić information content (AvgIpc) is 2.48. The van der Waals surface area contributed by atoms with Crippen LogP contribution in [-0.4, -0.2) is 20.4 Å². The second-order valence-electron chi connectivity index (χ2n) is 4.86. The van der Waals surface area contributed by atoms with E-state index in [-0.39, 0.29) is 32.0 Å². The summed E-state index contributed by atoms with van der Waals surface area (Å²) in [7, 11) is -0.0163. The first kappa shape index (κ1) is 22.3. The Morgan fingerprint density at radius 1 is 0.552 bits per heavy atom. The SMILES string of the molecule is Fc1cc(OC(F)(F)F)cc(F)c1O[B]Oc1c(F)cc(OC(F)(F)F)cc1F. The van der Waals surface area contributed by atoms with Gasteiger partial charge in [0.25, 0.3) is 0 Å². The normalized spacial score (nSPS) is 11.8. The Kier molecular flexibility index (Phi) is 6.28. The Bertz CT molecular complexity index is 766. The van der Waals surface area contributed by atoms with E-state index in [0.717, 1.165) is 0 Å². The van der Waals surface area contributed by atoms with Crippen molar-refractivity contribution in [1.29, 1.82) is 0 Å². The highest BCUT2D eigenvalue weighted by Gasteiger charge is 2.33. The van der Waals surface area contributed by atoms with Gasteiger partial charge >= 0.3 is 20.4 Å². The molecule has 0 saturated heterocycles. The minimum Gasteiger partial charge on any atom is -0.522 e. The van der Waals surface area contributed by atoms with Crippen LogP contribution in [0.3, 0.4) is 0 Å². The number of benzene rings is 2. The zero-order chi connectivity index (χ0) is 22.0. The van der Waals surface area contributed by atoms with Gasteiger partial charge in [-0.2, -0.15) is 0 Å². The van der Waals surface area contributed by atoms with Crippen molar-refractivity contribution in [1.82, 2.24) is 0 Å². The Morgan fingerprint density at radius 2 is 0.828 bits per heavy atom. The second-order valence-corrected chi connectivity index (χ2v) is 4.86. The van der Waals surface area contributed by atoms with E-state index in [1.165, 1.54) is 0 Å². The summed E-state index contributed by atoms with van der Waals surface area (Å²) in [6, 6.07) is 0.405. The van der Waals surface area contributed by atoms with Crippen LogP contribution in [0.1, 0.15) is 0 Å². The van der Waals surface area contributed by atoms with Gasteiger partial charge in [-0.25, -0.2) is 17.6 Å². The molecule has 0 heterocycles. The molecule has 0 atom stereocenters. The largest absolute Gasteiger partial charge is 0.658 e. The molecule has 0 amide bonds. The Morgan fingerprint density at radius 3 is 1.07 bits per heavy atom. The van der Waals surface area contributed by atoms with Crippen LogP contribution in [-0.2, 0) is 0 Å². The van der Waals surface area contributed by atoms with E-state index in [0.29, 0.717) is 0 Å². The molecule has 0 aromatic heterocycles. The standard InChI is InChI=1S/C14H4BF10O4/c16-7-1-5(26-13(20,21)22)2-8(17)11(7)28-15-29-12-9(18)3-6(4-10(12)19)27-14(23,24)25/h1-4H. The van der Waals surface area contributed by atoms with E-state index < -0.39 is 59.0 Å². The van der Waals surface area contributed by atoms with Gasteiger partial charge in [0.05, 0.1) is 0 Å². The maximum absolute atomic E-state index is 13.6. The summed E-state index contributed by atoms with van der Waals surface area (Å²) in [5.74, 6) is -11.9. The van der Waals surface area contributed by atoms with Gasteiger partial charge < -0.3 is 18.8 Å². The molecule has 4 nitrogen and oxygen atoms in total. The zero-order valence-corrected chi connectivity index (χ0v) is 13.3. The Hall–Kier alpha value is -3.00. The fourth-order valence-corrected chi connectivity index (χ4v) is 1.80. The highest BCUT2D eigenvalue weighted by Crippen LogP contribution is 2.32. The summed E-state index contributed by atoms with van der Waals surface area (Å²) >= 11 is 0. The molecule has 0 unspecified atom stereocenters. The highest BCUT2D eigenvalue weighted by molar-refractivity contribution is 6.20. The number of rotatable bonds is 6. The number of alkyl halides is 6. The molecule has 0 N–H and O–H groups in total. The monoisotopic (exact) mass is 437 g/mol. The summed E-state index contributed by atoms with van der Waals surface area (Å²) in [6.07, 6.45) is -10.5. The maximum Gasteiger partial charge on any atom is 0.658 e. The van der Waals surface area contributed by atoms with E-state index in [1.54, 1.807) is 0 Å². The molecule has 2 aromatic rings. The quantitative estimate of drug-likeness (QED) is 0.470. The van der Waals surface area contributed by atoms with Crippen molar-refractivity contribution in [2.45, 2.75) is 12.7 Å². The van der Waals surface area contributed by atoms with Crippen LogP contribution in [0, 0.1) is 23.3 Å². The molecule has 0 aliphatic heterocycles. The smallest absolute Gasteiger partial charge is 0.522 e. The molecule has 15 heteroatoms. The molecule has 0 aliphatic carbocycles. The van der Waals surface area contributed by atoms with Crippen molar-refractivity contribution in [3.05, 3.63) is 47.5 Å². The molecule has 0 aliphatic rings. The second kappa shape index (κ2) is 8.17. The summed E-state index contributed by atoms with van der Waals surface area (Å²) in [4.78, 5) is 0. The minimum absolute atomic E-state index is 0.0163. The fraction of sp³-hybridized carbons (Fsp3) is 0.143. The third-order valence-corrected chi connectivity index (χ3v) is 2.74. The maximum atomic E-state index is 13.6. The third-order valence-electron chi connectivity index (χ3n) is 2.74. The number of halogens is 10. The number of ether oxygens (including phenoxy) is 2. The van der Waals surface area contributed by atoms with E-state index in [1.807, 2.05) is 0 Å².